The average Bonchev–Trinajstić information content (AvgIpc) is 1.64. The summed E-state index contributed by atoms with van der Waals surface area (Å²) in [6.07, 6.45) is -0.867. The first-order valence-corrected chi connectivity index (χ1v) is 2.61. The van der Waals surface area contributed by atoms with Gasteiger partial charge >= 0.3 is 0 Å². The molecule has 0 fully saturated rings. The lowest BCUT2D eigenvalue weighted by Crippen LogP contribution is -2.32. The first-order valence-electron chi connectivity index (χ1n) is 2.17. The second-order valence-corrected chi connectivity index (χ2v) is 2.01. The van der Waals surface area contributed by atoms with Crippen molar-refractivity contribution in [3.05, 3.63) is 0 Å². The zero-order valence-corrected chi connectivity index (χ0v) is 5.22. The molecule has 0 spiro atoms. The van der Waals surface area contributed by atoms with Gasteiger partial charge in [-0.3, -0.25) is 4.79 Å². The highest BCUT2D eigenvalue weighted by Crippen LogP contribution is 1.99. The first kappa shape index (κ1) is 7.72. The van der Waals surface area contributed by atoms with Gasteiger partial charge in [0, 0.05) is 0 Å². The summed E-state index contributed by atoms with van der Waals surface area (Å²) >= 11 is 5.23. The van der Waals surface area contributed by atoms with Crippen LogP contribution < -0.4 is 5.73 Å². The van der Waals surface area contributed by atoms with Gasteiger partial charge < -0.3 is 10.8 Å². The van der Waals surface area contributed by atoms with Crippen molar-refractivity contribution in [1.29, 1.82) is 0 Å². The van der Waals surface area contributed by atoms with Gasteiger partial charge in [-0.1, -0.05) is 0 Å². The van der Waals surface area contributed by atoms with Crippen LogP contribution in [0.5, 0.6) is 0 Å². The molecule has 3 N–H and O–H groups in total. The van der Waals surface area contributed by atoms with Gasteiger partial charge in [-0.15, -0.1) is 11.6 Å². The zero-order chi connectivity index (χ0) is 6.73. The Morgan fingerprint density at radius 1 is 1.88 bits per heavy atom. The molecule has 0 saturated carbocycles. The molecule has 0 bridgehead atoms. The lowest BCUT2D eigenvalue weighted by Gasteiger charge is -2.05. The number of carbonyl (C=O) groups excluding carboxylic acids is 1. The number of hydrogen-bond donors (Lipinski definition) is 2. The molecule has 0 aromatic carbocycles. The molecule has 4 heteroatoms. The Hall–Kier alpha value is -0.280. The van der Waals surface area contributed by atoms with Gasteiger partial charge in [0.15, 0.2) is 0 Å². The molecule has 0 aliphatic carbocycles. The lowest BCUT2D eigenvalue weighted by atomic mass is 10.3. The van der Waals surface area contributed by atoms with E-state index in [1.54, 1.807) is 0 Å². The molecule has 2 atom stereocenters. The van der Waals surface area contributed by atoms with E-state index in [2.05, 4.69) is 0 Å². The molecule has 0 unspecified atom stereocenters. The predicted octanol–water partition coefficient (Wildman–Crippen LogP) is -0.540. The number of primary amides is 1. The molecule has 0 aliphatic heterocycles. The number of amides is 1. The third kappa shape index (κ3) is 2.14. The van der Waals surface area contributed by atoms with Crippen molar-refractivity contribution in [3.63, 3.8) is 0 Å². The van der Waals surface area contributed by atoms with Crippen LogP contribution in [0.25, 0.3) is 0 Å². The Balaban J connectivity index is 3.64. The van der Waals surface area contributed by atoms with E-state index in [9.17, 15) is 4.79 Å². The van der Waals surface area contributed by atoms with Crippen molar-refractivity contribution >= 4 is 17.5 Å². The maximum Gasteiger partial charge on any atom is 0.238 e. The standard InChI is InChI=1S/C4H8ClNO2/c1-2(7)3(5)4(6)8/h2-3,7H,1H3,(H2,6,8)/t2-,3+/m1/s1. The van der Waals surface area contributed by atoms with Gasteiger partial charge in [0.1, 0.15) is 5.38 Å². The molecule has 0 rings (SSSR count). The summed E-state index contributed by atoms with van der Waals surface area (Å²) in [5.41, 5.74) is 4.71. The van der Waals surface area contributed by atoms with Crippen LogP contribution in [0.3, 0.4) is 0 Å². The number of carbonyl (C=O) groups is 1. The van der Waals surface area contributed by atoms with Crippen LogP contribution in [0.2, 0.25) is 0 Å². The first-order chi connectivity index (χ1) is 3.55. The Bertz CT molecular complexity index is 94.0. The van der Waals surface area contributed by atoms with E-state index in [0.29, 0.717) is 0 Å². The molecular weight excluding hydrogens is 130 g/mol. The van der Waals surface area contributed by atoms with E-state index in [0.717, 1.165) is 0 Å². The van der Waals surface area contributed by atoms with Crippen molar-refractivity contribution in [1.82, 2.24) is 0 Å². The van der Waals surface area contributed by atoms with E-state index in [4.69, 9.17) is 22.4 Å². The number of halogens is 1. The molecular formula is C4H8ClNO2. The van der Waals surface area contributed by atoms with Crippen LogP contribution in [-0.4, -0.2) is 22.5 Å². The molecule has 0 heterocycles. The lowest BCUT2D eigenvalue weighted by molar-refractivity contribution is -0.119. The Labute approximate surface area is 52.4 Å². The van der Waals surface area contributed by atoms with Crippen LogP contribution in [0.1, 0.15) is 6.92 Å². The number of aliphatic hydroxyl groups excluding tert-OH is 1. The van der Waals surface area contributed by atoms with Gasteiger partial charge in [0.2, 0.25) is 5.91 Å². The molecule has 0 aliphatic rings. The molecule has 0 radical (unpaired) electrons. The Morgan fingerprint density at radius 3 is 2.25 bits per heavy atom. The number of rotatable bonds is 2. The van der Waals surface area contributed by atoms with Crippen LogP contribution in [0.15, 0.2) is 0 Å². The van der Waals surface area contributed by atoms with Gasteiger partial charge in [-0.2, -0.15) is 0 Å². The summed E-state index contributed by atoms with van der Waals surface area (Å²) in [6.45, 7) is 1.41. The van der Waals surface area contributed by atoms with E-state index < -0.39 is 17.4 Å². The summed E-state index contributed by atoms with van der Waals surface area (Å²) in [5, 5.41) is 7.60. The largest absolute Gasteiger partial charge is 0.391 e. The summed E-state index contributed by atoms with van der Waals surface area (Å²) in [7, 11) is 0. The minimum Gasteiger partial charge on any atom is -0.391 e. The molecule has 48 valence electrons. The second-order valence-electron chi connectivity index (χ2n) is 1.54. The fourth-order valence-corrected chi connectivity index (χ4v) is 0.238. The van der Waals surface area contributed by atoms with Crippen LogP contribution >= 0.6 is 11.6 Å². The maximum atomic E-state index is 10.1. The SMILES string of the molecule is C[C@@H](O)[C@H](Cl)C(N)=O. The van der Waals surface area contributed by atoms with Gasteiger partial charge in [0.25, 0.3) is 0 Å². The minimum atomic E-state index is -0.963. The van der Waals surface area contributed by atoms with Gasteiger partial charge in [-0.05, 0) is 6.92 Å². The van der Waals surface area contributed by atoms with Crippen molar-refractivity contribution in [2.75, 3.05) is 0 Å². The minimum absolute atomic E-state index is 0.693. The highest BCUT2D eigenvalue weighted by Gasteiger charge is 2.16. The monoisotopic (exact) mass is 137 g/mol. The average molecular weight is 138 g/mol. The number of hydrogen-bond acceptors (Lipinski definition) is 2. The summed E-state index contributed by atoms with van der Waals surface area (Å²) < 4.78 is 0. The molecule has 0 saturated heterocycles. The summed E-state index contributed by atoms with van der Waals surface area (Å²) in [6, 6.07) is 0. The maximum absolute atomic E-state index is 10.1. The second kappa shape index (κ2) is 2.89. The van der Waals surface area contributed by atoms with Crippen LogP contribution in [0.4, 0.5) is 0 Å². The van der Waals surface area contributed by atoms with E-state index in [1.165, 1.54) is 6.92 Å². The smallest absolute Gasteiger partial charge is 0.238 e. The molecule has 3 nitrogen and oxygen atoms in total. The molecule has 0 aromatic rings. The van der Waals surface area contributed by atoms with Crippen LogP contribution in [-0.2, 0) is 4.79 Å². The van der Waals surface area contributed by atoms with Gasteiger partial charge in [-0.25, -0.2) is 0 Å². The topological polar surface area (TPSA) is 63.3 Å². The number of aliphatic hydroxyl groups is 1. The predicted molar refractivity (Wildman–Crippen MR) is 30.5 cm³/mol. The highest BCUT2D eigenvalue weighted by atomic mass is 35.5. The fraction of sp³-hybridized carbons (Fsp3) is 0.750. The quantitative estimate of drug-likeness (QED) is 0.502. The third-order valence-electron chi connectivity index (χ3n) is 0.695. The summed E-state index contributed by atoms with van der Waals surface area (Å²) in [4.78, 5) is 10.1. The molecule has 8 heavy (non-hydrogen) atoms. The third-order valence-corrected chi connectivity index (χ3v) is 1.28. The highest BCUT2D eigenvalue weighted by molar-refractivity contribution is 6.30. The number of nitrogens with two attached hydrogens (primary N) is 1. The fourth-order valence-electron chi connectivity index (χ4n) is 0.238. The van der Waals surface area contributed by atoms with Crippen LogP contribution in [0, 0.1) is 0 Å². The zero-order valence-electron chi connectivity index (χ0n) is 4.47. The van der Waals surface area contributed by atoms with Crippen molar-refractivity contribution in [2.45, 2.75) is 18.4 Å². The van der Waals surface area contributed by atoms with E-state index in [1.807, 2.05) is 0 Å². The van der Waals surface area contributed by atoms with E-state index >= 15 is 0 Å². The molecule has 1 amide bonds. The van der Waals surface area contributed by atoms with Crippen molar-refractivity contribution in [3.8, 4) is 0 Å². The van der Waals surface area contributed by atoms with Gasteiger partial charge in [0.05, 0.1) is 6.10 Å². The number of alkyl halides is 1. The van der Waals surface area contributed by atoms with Crippen molar-refractivity contribution in [2.24, 2.45) is 5.73 Å². The Kier molecular flexibility index (Phi) is 2.79. The normalized spacial score (nSPS) is 17.4. The van der Waals surface area contributed by atoms with Crippen molar-refractivity contribution < 1.29 is 9.90 Å². The molecule has 0 aromatic heterocycles. The summed E-state index contributed by atoms with van der Waals surface area (Å²) in [5.74, 6) is -0.693. The Morgan fingerprint density at radius 2 is 2.25 bits per heavy atom. The van der Waals surface area contributed by atoms with E-state index in [-0.39, 0.29) is 0 Å².